The summed E-state index contributed by atoms with van der Waals surface area (Å²) in [6.07, 6.45) is 6.58. The molecule has 112 valence electrons. The second kappa shape index (κ2) is 5.83. The van der Waals surface area contributed by atoms with E-state index >= 15 is 0 Å². The molecule has 1 aliphatic rings. The molecule has 1 saturated carbocycles. The summed E-state index contributed by atoms with van der Waals surface area (Å²) < 4.78 is 0. The topological polar surface area (TPSA) is 58.0 Å². The molecule has 0 spiro atoms. The number of aliphatic hydroxyl groups is 1. The standard InChI is InChI=1S/C16H21N3OS/c1-11(18-10-16(20)6-4-7-16)14-12(2)19-15(21-14)13-5-3-8-17-9-13/h3,5,8-9,11,18,20H,4,6-7,10H2,1-2H3. The maximum Gasteiger partial charge on any atom is 0.125 e. The number of rotatable bonds is 5. The molecule has 2 N–H and O–H groups in total. The molecule has 3 rings (SSSR count). The van der Waals surface area contributed by atoms with Gasteiger partial charge in [-0.3, -0.25) is 4.98 Å². The van der Waals surface area contributed by atoms with Crippen molar-refractivity contribution < 1.29 is 5.11 Å². The van der Waals surface area contributed by atoms with Gasteiger partial charge < -0.3 is 10.4 Å². The third-order valence-electron chi connectivity index (χ3n) is 4.16. The third kappa shape index (κ3) is 3.15. The van der Waals surface area contributed by atoms with E-state index in [0.717, 1.165) is 35.5 Å². The Morgan fingerprint density at radius 1 is 1.48 bits per heavy atom. The summed E-state index contributed by atoms with van der Waals surface area (Å²) in [5.41, 5.74) is 1.63. The maximum atomic E-state index is 10.2. The van der Waals surface area contributed by atoms with E-state index in [1.54, 1.807) is 17.5 Å². The minimum atomic E-state index is -0.487. The Balaban J connectivity index is 1.71. The van der Waals surface area contributed by atoms with Crippen molar-refractivity contribution in [1.82, 2.24) is 15.3 Å². The van der Waals surface area contributed by atoms with Crippen LogP contribution in [-0.4, -0.2) is 27.2 Å². The second-order valence-corrected chi connectivity index (χ2v) is 6.92. The Kier molecular flexibility index (Phi) is 4.06. The smallest absolute Gasteiger partial charge is 0.125 e. The van der Waals surface area contributed by atoms with Gasteiger partial charge in [0.25, 0.3) is 0 Å². The van der Waals surface area contributed by atoms with Crippen LogP contribution in [0, 0.1) is 6.92 Å². The SMILES string of the molecule is Cc1nc(-c2cccnc2)sc1C(C)NCC1(O)CCC1. The van der Waals surface area contributed by atoms with Crippen LogP contribution in [0.25, 0.3) is 10.6 Å². The molecule has 0 bridgehead atoms. The van der Waals surface area contributed by atoms with Gasteiger partial charge in [-0.1, -0.05) is 0 Å². The van der Waals surface area contributed by atoms with Crippen molar-refractivity contribution in [1.29, 1.82) is 0 Å². The van der Waals surface area contributed by atoms with Gasteiger partial charge in [-0.2, -0.15) is 0 Å². The molecule has 0 aliphatic heterocycles. The lowest BCUT2D eigenvalue weighted by atomic mass is 9.80. The fourth-order valence-corrected chi connectivity index (χ4v) is 3.70. The first-order valence-corrected chi connectivity index (χ1v) is 8.22. The Hall–Kier alpha value is -1.30. The largest absolute Gasteiger partial charge is 0.389 e. The summed E-state index contributed by atoms with van der Waals surface area (Å²) in [4.78, 5) is 10.0. The maximum absolute atomic E-state index is 10.2. The zero-order valence-corrected chi connectivity index (χ0v) is 13.3. The first kappa shape index (κ1) is 14.6. The average Bonchev–Trinajstić information content (AvgIpc) is 2.86. The van der Waals surface area contributed by atoms with Crippen LogP contribution in [0.15, 0.2) is 24.5 Å². The molecule has 2 aromatic heterocycles. The fraction of sp³-hybridized carbons (Fsp3) is 0.500. The van der Waals surface area contributed by atoms with Crippen LogP contribution in [0.1, 0.15) is 42.8 Å². The Labute approximate surface area is 129 Å². The highest BCUT2D eigenvalue weighted by Crippen LogP contribution is 2.34. The number of hydrogen-bond acceptors (Lipinski definition) is 5. The van der Waals surface area contributed by atoms with Crippen LogP contribution >= 0.6 is 11.3 Å². The summed E-state index contributed by atoms with van der Waals surface area (Å²) in [6, 6.07) is 4.17. The number of aromatic nitrogens is 2. The van der Waals surface area contributed by atoms with Gasteiger partial charge in [0.15, 0.2) is 0 Å². The van der Waals surface area contributed by atoms with Gasteiger partial charge in [-0.05, 0) is 45.2 Å². The minimum absolute atomic E-state index is 0.206. The molecule has 0 amide bonds. The quantitative estimate of drug-likeness (QED) is 0.891. The van der Waals surface area contributed by atoms with E-state index in [4.69, 9.17) is 0 Å². The molecule has 1 atom stereocenters. The van der Waals surface area contributed by atoms with Crippen LogP contribution in [0.4, 0.5) is 0 Å². The van der Waals surface area contributed by atoms with Crippen molar-refractivity contribution in [3.05, 3.63) is 35.1 Å². The van der Waals surface area contributed by atoms with Crippen LogP contribution in [0.5, 0.6) is 0 Å². The van der Waals surface area contributed by atoms with Gasteiger partial charge >= 0.3 is 0 Å². The highest BCUT2D eigenvalue weighted by Gasteiger charge is 2.34. The van der Waals surface area contributed by atoms with Crippen molar-refractivity contribution in [3.63, 3.8) is 0 Å². The van der Waals surface area contributed by atoms with Crippen molar-refractivity contribution >= 4 is 11.3 Å². The van der Waals surface area contributed by atoms with Gasteiger partial charge in [-0.25, -0.2) is 4.98 Å². The predicted octanol–water partition coefficient (Wildman–Crippen LogP) is 3.08. The van der Waals surface area contributed by atoms with E-state index in [9.17, 15) is 5.11 Å². The molecule has 1 aliphatic carbocycles. The summed E-state index contributed by atoms with van der Waals surface area (Å²) in [5, 5.41) is 14.6. The first-order chi connectivity index (χ1) is 10.1. The van der Waals surface area contributed by atoms with Gasteiger partial charge in [0.05, 0.1) is 11.3 Å². The van der Waals surface area contributed by atoms with Crippen LogP contribution < -0.4 is 5.32 Å². The molecule has 0 saturated heterocycles. The van der Waals surface area contributed by atoms with Crippen molar-refractivity contribution in [2.75, 3.05) is 6.54 Å². The molecule has 21 heavy (non-hydrogen) atoms. The first-order valence-electron chi connectivity index (χ1n) is 7.41. The molecule has 0 aromatic carbocycles. The normalized spacial score (nSPS) is 18.2. The molecule has 1 fully saturated rings. The Bertz CT molecular complexity index is 607. The number of nitrogens with zero attached hydrogens (tertiary/aromatic N) is 2. The summed E-state index contributed by atoms with van der Waals surface area (Å²) >= 11 is 1.70. The van der Waals surface area contributed by atoms with E-state index in [-0.39, 0.29) is 6.04 Å². The van der Waals surface area contributed by atoms with Gasteiger partial charge in [0.2, 0.25) is 0 Å². The molecule has 5 heteroatoms. The number of aryl methyl sites for hydroxylation is 1. The molecule has 4 nitrogen and oxygen atoms in total. The van der Waals surface area contributed by atoms with E-state index < -0.39 is 5.60 Å². The third-order valence-corrected chi connectivity index (χ3v) is 5.55. The van der Waals surface area contributed by atoms with Gasteiger partial charge in [0, 0.05) is 35.4 Å². The molecular formula is C16H21N3OS. The van der Waals surface area contributed by atoms with Gasteiger partial charge in [0.1, 0.15) is 5.01 Å². The van der Waals surface area contributed by atoms with Gasteiger partial charge in [-0.15, -0.1) is 11.3 Å². The average molecular weight is 303 g/mol. The zero-order chi connectivity index (χ0) is 14.9. The van der Waals surface area contributed by atoms with Crippen LogP contribution in [0.2, 0.25) is 0 Å². The monoisotopic (exact) mass is 303 g/mol. The highest BCUT2D eigenvalue weighted by atomic mass is 32.1. The lowest BCUT2D eigenvalue weighted by molar-refractivity contribution is -0.0328. The molecule has 1 unspecified atom stereocenters. The molecule has 2 heterocycles. The second-order valence-electron chi connectivity index (χ2n) is 5.89. The highest BCUT2D eigenvalue weighted by molar-refractivity contribution is 7.15. The Morgan fingerprint density at radius 2 is 2.29 bits per heavy atom. The minimum Gasteiger partial charge on any atom is -0.389 e. The van der Waals surface area contributed by atoms with Crippen molar-refractivity contribution in [2.45, 2.75) is 44.8 Å². The Morgan fingerprint density at radius 3 is 2.90 bits per heavy atom. The number of hydrogen-bond donors (Lipinski definition) is 2. The lowest BCUT2D eigenvalue weighted by Gasteiger charge is -2.37. The van der Waals surface area contributed by atoms with Crippen molar-refractivity contribution in [2.24, 2.45) is 0 Å². The van der Waals surface area contributed by atoms with E-state index in [1.807, 2.05) is 25.3 Å². The number of thiazole rings is 1. The number of pyridine rings is 1. The molecule has 2 aromatic rings. The summed E-state index contributed by atoms with van der Waals surface area (Å²) in [5.74, 6) is 0. The lowest BCUT2D eigenvalue weighted by Crippen LogP contribution is -2.46. The van der Waals surface area contributed by atoms with Crippen LogP contribution in [-0.2, 0) is 0 Å². The predicted molar refractivity (Wildman–Crippen MR) is 85.3 cm³/mol. The summed E-state index contributed by atoms with van der Waals surface area (Å²) in [6.45, 7) is 4.84. The number of nitrogens with one attached hydrogen (secondary N) is 1. The van der Waals surface area contributed by atoms with Crippen molar-refractivity contribution in [3.8, 4) is 10.6 Å². The van der Waals surface area contributed by atoms with E-state index in [0.29, 0.717) is 6.54 Å². The van der Waals surface area contributed by atoms with Crippen LogP contribution in [0.3, 0.4) is 0 Å². The molecular weight excluding hydrogens is 282 g/mol. The fourth-order valence-electron chi connectivity index (χ4n) is 2.62. The van der Waals surface area contributed by atoms with E-state index in [2.05, 4.69) is 22.2 Å². The summed E-state index contributed by atoms with van der Waals surface area (Å²) in [7, 11) is 0. The zero-order valence-electron chi connectivity index (χ0n) is 12.5. The van der Waals surface area contributed by atoms with E-state index in [1.165, 1.54) is 4.88 Å². The molecule has 0 radical (unpaired) electrons.